The van der Waals surface area contributed by atoms with Gasteiger partial charge in [0.2, 0.25) is 0 Å². The van der Waals surface area contributed by atoms with Gasteiger partial charge in [0, 0.05) is 17.2 Å². The molecule has 3 unspecified atom stereocenters. The Hall–Kier alpha value is -1.15. The number of aromatic nitrogens is 2. The number of halogens is 1. The largest absolute Gasteiger partial charge is 0.426 e. The molecule has 3 heterocycles. The van der Waals surface area contributed by atoms with Crippen molar-refractivity contribution >= 4 is 48.1 Å². The number of H-pyrrole nitrogens is 1. The number of benzene rings is 1. The number of fused-ring (bicyclic) bond motifs is 1. The molecule has 154 valence electrons. The standard InChI is InChI=1S/C18H18B2ClN2O5PS/c1-9-5-10(2)15-11(6-9)8-25-29(27-15)28-18(19,20)13-3-4-14(26-13)23-7-12(21)16(30)22-17(23)24/h5-7,13-14H,3-4,8H2,1-2H3,(H,22,24,30). The average Bonchev–Trinajstić information content (AvgIpc) is 3.16. The Morgan fingerprint density at radius 1 is 1.37 bits per heavy atom. The van der Waals surface area contributed by atoms with E-state index in [2.05, 4.69) is 4.98 Å². The smallest absolute Gasteiger partial charge is 0.396 e. The molecule has 1 fully saturated rings. The third-order valence-corrected chi connectivity index (χ3v) is 6.81. The van der Waals surface area contributed by atoms with Crippen molar-refractivity contribution in [1.82, 2.24) is 9.55 Å². The lowest BCUT2D eigenvalue weighted by Crippen LogP contribution is -2.45. The number of ether oxygens (including phenoxy) is 1. The van der Waals surface area contributed by atoms with Crippen LogP contribution in [-0.2, 0) is 20.4 Å². The second kappa shape index (κ2) is 8.41. The lowest BCUT2D eigenvalue weighted by atomic mass is 9.61. The van der Waals surface area contributed by atoms with Crippen LogP contribution in [0.2, 0.25) is 5.02 Å². The van der Waals surface area contributed by atoms with E-state index in [0.29, 0.717) is 19.4 Å². The van der Waals surface area contributed by atoms with Crippen molar-refractivity contribution in [2.75, 3.05) is 0 Å². The van der Waals surface area contributed by atoms with Gasteiger partial charge in [-0.25, -0.2) is 4.79 Å². The maximum atomic E-state index is 12.2. The zero-order chi connectivity index (χ0) is 21.6. The van der Waals surface area contributed by atoms with Crippen molar-refractivity contribution in [3.8, 4) is 5.75 Å². The Bertz CT molecular complexity index is 1100. The zero-order valence-electron chi connectivity index (χ0n) is 16.4. The molecule has 7 nitrogen and oxygen atoms in total. The molecular formula is C18H18B2ClN2O5PS. The van der Waals surface area contributed by atoms with E-state index < -0.39 is 32.0 Å². The monoisotopic (exact) mass is 462 g/mol. The van der Waals surface area contributed by atoms with Gasteiger partial charge in [0.25, 0.3) is 0 Å². The van der Waals surface area contributed by atoms with Gasteiger partial charge in [0.05, 0.1) is 17.7 Å². The Kier molecular flexibility index (Phi) is 6.19. The molecule has 1 aromatic heterocycles. The van der Waals surface area contributed by atoms with Crippen molar-refractivity contribution in [2.45, 2.75) is 51.0 Å². The predicted molar refractivity (Wildman–Crippen MR) is 118 cm³/mol. The average molecular weight is 462 g/mol. The fourth-order valence-electron chi connectivity index (χ4n) is 3.57. The summed E-state index contributed by atoms with van der Waals surface area (Å²) in [4.78, 5) is 14.7. The second-order valence-electron chi connectivity index (χ2n) is 7.40. The minimum atomic E-state index is -1.81. The van der Waals surface area contributed by atoms with Crippen LogP contribution in [0, 0.1) is 18.5 Å². The molecule has 0 aliphatic carbocycles. The van der Waals surface area contributed by atoms with E-state index in [1.165, 1.54) is 10.8 Å². The van der Waals surface area contributed by atoms with Crippen LogP contribution >= 0.6 is 32.4 Å². The van der Waals surface area contributed by atoms with Gasteiger partial charge in [-0.15, -0.1) is 0 Å². The molecule has 1 N–H and O–H groups in total. The fraction of sp³-hybridized carbons (Fsp3) is 0.444. The molecule has 0 bridgehead atoms. The summed E-state index contributed by atoms with van der Waals surface area (Å²) in [5, 5.41) is -1.43. The molecule has 0 amide bonds. The van der Waals surface area contributed by atoms with Crippen LogP contribution in [0.15, 0.2) is 23.1 Å². The first-order valence-electron chi connectivity index (χ1n) is 9.28. The van der Waals surface area contributed by atoms with Gasteiger partial charge in [-0.3, -0.25) is 14.1 Å². The van der Waals surface area contributed by atoms with E-state index in [1.54, 1.807) is 0 Å². The highest BCUT2D eigenvalue weighted by Gasteiger charge is 2.41. The zero-order valence-corrected chi connectivity index (χ0v) is 18.9. The number of rotatable bonds is 4. The summed E-state index contributed by atoms with van der Waals surface area (Å²) in [6.07, 6.45) is 1.10. The number of hydrogen-bond acceptors (Lipinski definition) is 6. The van der Waals surface area contributed by atoms with E-state index >= 15 is 0 Å². The number of aryl methyl sites for hydroxylation is 2. The van der Waals surface area contributed by atoms with Crippen molar-refractivity contribution in [3.05, 3.63) is 55.2 Å². The molecule has 0 saturated carbocycles. The van der Waals surface area contributed by atoms with E-state index in [0.717, 1.165) is 22.4 Å². The Morgan fingerprint density at radius 3 is 2.90 bits per heavy atom. The van der Waals surface area contributed by atoms with E-state index in [9.17, 15) is 4.79 Å². The first kappa shape index (κ1) is 22.1. The Balaban J connectivity index is 1.45. The van der Waals surface area contributed by atoms with Crippen LogP contribution in [0.1, 0.15) is 35.8 Å². The van der Waals surface area contributed by atoms with E-state index in [4.69, 9.17) is 57.8 Å². The predicted octanol–water partition coefficient (Wildman–Crippen LogP) is 3.70. The molecule has 1 saturated heterocycles. The van der Waals surface area contributed by atoms with Gasteiger partial charge in [-0.05, 0) is 32.3 Å². The van der Waals surface area contributed by atoms with Crippen molar-refractivity contribution in [2.24, 2.45) is 0 Å². The molecule has 2 aromatic rings. The van der Waals surface area contributed by atoms with Crippen LogP contribution < -0.4 is 10.2 Å². The number of nitrogens with zero attached hydrogens (tertiary/aromatic N) is 1. The SMILES string of the molecule is [B]C([B])(OP1OCc2cc(C)cc(C)c2O1)C1CCC(n2cc(Cl)c(=S)[nH]c2=O)O1. The van der Waals surface area contributed by atoms with Crippen molar-refractivity contribution in [3.63, 3.8) is 0 Å². The third kappa shape index (κ3) is 4.40. The van der Waals surface area contributed by atoms with Gasteiger partial charge in [0.1, 0.15) is 32.3 Å². The summed E-state index contributed by atoms with van der Waals surface area (Å²) in [6.45, 7) is 4.31. The molecule has 2 aliphatic rings. The maximum Gasteiger partial charge on any atom is 0.396 e. The number of aromatic amines is 1. The van der Waals surface area contributed by atoms with Crippen LogP contribution in [0.3, 0.4) is 0 Å². The molecule has 3 atom stereocenters. The minimum absolute atomic E-state index is 0.169. The normalized spacial score (nSPS) is 23.8. The van der Waals surface area contributed by atoms with Crippen LogP contribution in [-0.4, -0.2) is 36.7 Å². The van der Waals surface area contributed by atoms with Crippen molar-refractivity contribution in [1.29, 1.82) is 0 Å². The molecule has 1 aromatic carbocycles. The highest BCUT2D eigenvalue weighted by Crippen LogP contribution is 2.51. The van der Waals surface area contributed by atoms with Crippen molar-refractivity contribution < 1.29 is 18.3 Å². The van der Waals surface area contributed by atoms with Crippen LogP contribution in [0.5, 0.6) is 5.75 Å². The maximum absolute atomic E-state index is 12.2. The summed E-state index contributed by atoms with van der Waals surface area (Å²) < 4.78 is 24.8. The lowest BCUT2D eigenvalue weighted by Gasteiger charge is -2.36. The van der Waals surface area contributed by atoms with E-state index in [1.807, 2.05) is 26.0 Å². The molecule has 4 radical (unpaired) electrons. The highest BCUT2D eigenvalue weighted by molar-refractivity contribution is 7.71. The summed E-state index contributed by atoms with van der Waals surface area (Å²) in [5.41, 5.74) is 2.63. The molecule has 12 heteroatoms. The van der Waals surface area contributed by atoms with Gasteiger partial charge >= 0.3 is 14.3 Å². The third-order valence-electron chi connectivity index (χ3n) is 4.95. The summed E-state index contributed by atoms with van der Waals surface area (Å²) in [6, 6.07) is 4.03. The van der Waals surface area contributed by atoms with Gasteiger partial charge in [0.15, 0.2) is 0 Å². The topological polar surface area (TPSA) is 74.7 Å². The quantitative estimate of drug-likeness (QED) is 0.424. The minimum Gasteiger partial charge on any atom is -0.426 e. The number of nitrogens with one attached hydrogen (secondary N) is 1. The lowest BCUT2D eigenvalue weighted by molar-refractivity contribution is -0.0468. The first-order valence-corrected chi connectivity index (χ1v) is 11.2. The molecule has 0 spiro atoms. The van der Waals surface area contributed by atoms with E-state index in [-0.39, 0.29) is 9.66 Å². The first-order chi connectivity index (χ1) is 14.1. The molecule has 2 aliphatic heterocycles. The van der Waals surface area contributed by atoms with Gasteiger partial charge in [-0.1, -0.05) is 41.5 Å². The Labute approximate surface area is 187 Å². The fourth-order valence-corrected chi connectivity index (χ4v) is 5.03. The van der Waals surface area contributed by atoms with Gasteiger partial charge < -0.3 is 13.8 Å². The number of hydrogen-bond donors (Lipinski definition) is 1. The summed E-state index contributed by atoms with van der Waals surface area (Å²) >= 11 is 11.0. The molecule has 4 rings (SSSR count). The Morgan fingerprint density at radius 2 is 2.13 bits per heavy atom. The summed E-state index contributed by atoms with van der Waals surface area (Å²) in [5.74, 6) is 0.722. The van der Waals surface area contributed by atoms with Gasteiger partial charge in [-0.2, -0.15) is 0 Å². The molecule has 30 heavy (non-hydrogen) atoms. The van der Waals surface area contributed by atoms with Crippen LogP contribution in [0.25, 0.3) is 0 Å². The second-order valence-corrected chi connectivity index (χ2v) is 9.29. The highest BCUT2D eigenvalue weighted by atomic mass is 35.5. The summed E-state index contributed by atoms with van der Waals surface area (Å²) in [7, 11) is 10.6. The van der Waals surface area contributed by atoms with Crippen LogP contribution in [0.4, 0.5) is 0 Å². The molecular weight excluding hydrogens is 444 g/mol.